The van der Waals surface area contributed by atoms with Crippen LogP contribution in [0.5, 0.6) is 0 Å². The number of methoxy groups -OCH3 is 1. The summed E-state index contributed by atoms with van der Waals surface area (Å²) in [5.41, 5.74) is 0.998. The highest BCUT2D eigenvalue weighted by Crippen LogP contribution is 2.18. The zero-order chi connectivity index (χ0) is 15.1. The van der Waals surface area contributed by atoms with Crippen molar-refractivity contribution in [2.45, 2.75) is 19.1 Å². The molecule has 2 aromatic carbocycles. The summed E-state index contributed by atoms with van der Waals surface area (Å²) < 4.78 is 10.5. The van der Waals surface area contributed by atoms with Crippen LogP contribution in [0.1, 0.15) is 6.92 Å². The second-order valence-electron chi connectivity index (χ2n) is 5.20. The predicted molar refractivity (Wildman–Crippen MR) is 85.7 cm³/mol. The smallest absolute Gasteiger partial charge is 0.0945 e. The van der Waals surface area contributed by atoms with Gasteiger partial charge in [-0.15, -0.1) is 0 Å². The highest BCUT2D eigenvalue weighted by Gasteiger charge is 2.08. The van der Waals surface area contributed by atoms with E-state index in [-0.39, 0.29) is 6.10 Å². The Hall–Kier alpha value is -1.62. The van der Waals surface area contributed by atoms with E-state index in [1.807, 2.05) is 25.1 Å². The van der Waals surface area contributed by atoms with Crippen molar-refractivity contribution >= 4 is 16.5 Å². The fraction of sp³-hybridized carbons (Fsp3) is 0.412. The number of nitrogens with one attached hydrogen (secondary N) is 1. The van der Waals surface area contributed by atoms with Crippen molar-refractivity contribution in [3.63, 3.8) is 0 Å². The molecule has 4 nitrogen and oxygen atoms in total. The molecular formula is C17H23NO3. The molecule has 0 aromatic heterocycles. The van der Waals surface area contributed by atoms with E-state index in [0.717, 1.165) is 5.69 Å². The van der Waals surface area contributed by atoms with Gasteiger partial charge in [0.15, 0.2) is 0 Å². The summed E-state index contributed by atoms with van der Waals surface area (Å²) in [5.74, 6) is 0. The number of ether oxygens (including phenoxy) is 2. The highest BCUT2D eigenvalue weighted by molar-refractivity contribution is 5.85. The van der Waals surface area contributed by atoms with Crippen LogP contribution in [0.4, 0.5) is 5.69 Å². The van der Waals surface area contributed by atoms with Gasteiger partial charge >= 0.3 is 0 Å². The zero-order valence-corrected chi connectivity index (χ0v) is 12.6. The third kappa shape index (κ3) is 5.01. The molecule has 0 heterocycles. The molecule has 2 unspecified atom stereocenters. The Morgan fingerprint density at radius 3 is 2.62 bits per heavy atom. The summed E-state index contributed by atoms with van der Waals surface area (Å²) in [5, 5.41) is 15.5. The molecule has 2 aromatic rings. The lowest BCUT2D eigenvalue weighted by Crippen LogP contribution is -2.28. The SMILES string of the molecule is COCC(C)OCC(O)CNc1ccc2ccccc2c1. The fourth-order valence-electron chi connectivity index (χ4n) is 2.15. The van der Waals surface area contributed by atoms with E-state index in [1.54, 1.807) is 7.11 Å². The maximum Gasteiger partial charge on any atom is 0.0945 e. The molecule has 2 N–H and O–H groups in total. The zero-order valence-electron chi connectivity index (χ0n) is 12.6. The molecule has 2 rings (SSSR count). The monoisotopic (exact) mass is 289 g/mol. The quantitative estimate of drug-likeness (QED) is 0.784. The fourth-order valence-corrected chi connectivity index (χ4v) is 2.15. The van der Waals surface area contributed by atoms with Crippen LogP contribution in [0, 0.1) is 0 Å². The van der Waals surface area contributed by atoms with Gasteiger partial charge in [0, 0.05) is 19.3 Å². The van der Waals surface area contributed by atoms with E-state index in [1.165, 1.54) is 10.8 Å². The Bertz CT molecular complexity index is 558. The van der Waals surface area contributed by atoms with Gasteiger partial charge in [0.05, 0.1) is 25.4 Å². The van der Waals surface area contributed by atoms with Gasteiger partial charge in [-0.25, -0.2) is 0 Å². The number of hydrogen-bond acceptors (Lipinski definition) is 4. The van der Waals surface area contributed by atoms with Gasteiger partial charge in [0.1, 0.15) is 0 Å². The van der Waals surface area contributed by atoms with Crippen LogP contribution in [0.3, 0.4) is 0 Å². The first-order valence-electron chi connectivity index (χ1n) is 7.20. The summed E-state index contributed by atoms with van der Waals surface area (Å²) >= 11 is 0. The number of rotatable bonds is 8. The standard InChI is InChI=1S/C17H23NO3/c1-13(11-20-2)21-12-17(19)10-18-16-8-7-14-5-3-4-6-15(14)9-16/h3-9,13,17-19H,10-12H2,1-2H3. The summed E-state index contributed by atoms with van der Waals surface area (Å²) in [6.07, 6.45) is -0.555. The molecule has 0 saturated heterocycles. The van der Waals surface area contributed by atoms with E-state index in [0.29, 0.717) is 19.8 Å². The molecular weight excluding hydrogens is 266 g/mol. The average molecular weight is 289 g/mol. The maximum absolute atomic E-state index is 9.91. The summed E-state index contributed by atoms with van der Waals surface area (Å²) in [4.78, 5) is 0. The Morgan fingerprint density at radius 2 is 1.86 bits per heavy atom. The van der Waals surface area contributed by atoms with Crippen LogP contribution in [-0.2, 0) is 9.47 Å². The number of anilines is 1. The van der Waals surface area contributed by atoms with Crippen molar-refractivity contribution < 1.29 is 14.6 Å². The minimum atomic E-state index is -0.546. The Kier molecular flexibility index (Phi) is 5.99. The van der Waals surface area contributed by atoms with Crippen LogP contribution < -0.4 is 5.32 Å². The van der Waals surface area contributed by atoms with Crippen molar-refractivity contribution in [1.82, 2.24) is 0 Å². The van der Waals surface area contributed by atoms with Gasteiger partial charge < -0.3 is 19.9 Å². The molecule has 0 saturated carbocycles. The number of benzene rings is 2. The number of aliphatic hydroxyl groups excluding tert-OH is 1. The van der Waals surface area contributed by atoms with Crippen molar-refractivity contribution in [2.75, 3.05) is 32.2 Å². The predicted octanol–water partition coefficient (Wildman–Crippen LogP) is 2.66. The largest absolute Gasteiger partial charge is 0.389 e. The minimum Gasteiger partial charge on any atom is -0.389 e. The van der Waals surface area contributed by atoms with Crippen LogP contribution in [0.25, 0.3) is 10.8 Å². The molecule has 21 heavy (non-hydrogen) atoms. The van der Waals surface area contributed by atoms with Gasteiger partial charge in [0.25, 0.3) is 0 Å². The number of hydrogen-bond donors (Lipinski definition) is 2. The van der Waals surface area contributed by atoms with Crippen molar-refractivity contribution in [2.24, 2.45) is 0 Å². The van der Waals surface area contributed by atoms with Gasteiger partial charge in [-0.1, -0.05) is 30.3 Å². The molecule has 0 bridgehead atoms. The molecule has 0 radical (unpaired) electrons. The van der Waals surface area contributed by atoms with Gasteiger partial charge in [0.2, 0.25) is 0 Å². The molecule has 4 heteroatoms. The van der Waals surface area contributed by atoms with E-state index in [4.69, 9.17) is 9.47 Å². The first-order chi connectivity index (χ1) is 10.2. The van der Waals surface area contributed by atoms with E-state index in [2.05, 4.69) is 29.6 Å². The molecule has 0 aliphatic carbocycles. The third-order valence-electron chi connectivity index (χ3n) is 3.27. The molecule has 2 atom stereocenters. The molecule has 0 amide bonds. The van der Waals surface area contributed by atoms with Gasteiger partial charge in [-0.3, -0.25) is 0 Å². The Balaban J connectivity index is 1.81. The topological polar surface area (TPSA) is 50.7 Å². The van der Waals surface area contributed by atoms with Crippen molar-refractivity contribution in [3.05, 3.63) is 42.5 Å². The van der Waals surface area contributed by atoms with Crippen LogP contribution in [0.15, 0.2) is 42.5 Å². The average Bonchev–Trinajstić information content (AvgIpc) is 2.51. The molecule has 0 aliphatic heterocycles. The van der Waals surface area contributed by atoms with Gasteiger partial charge in [-0.05, 0) is 29.8 Å². The van der Waals surface area contributed by atoms with Crippen LogP contribution >= 0.6 is 0 Å². The Morgan fingerprint density at radius 1 is 1.10 bits per heavy atom. The lowest BCUT2D eigenvalue weighted by molar-refractivity contribution is -0.0282. The second kappa shape index (κ2) is 7.98. The van der Waals surface area contributed by atoms with Crippen LogP contribution in [-0.4, -0.2) is 44.2 Å². The first kappa shape index (κ1) is 15.8. The number of fused-ring (bicyclic) bond motifs is 1. The summed E-state index contributed by atoms with van der Waals surface area (Å²) in [6.45, 7) is 3.21. The molecule has 114 valence electrons. The lowest BCUT2D eigenvalue weighted by atomic mass is 10.1. The van der Waals surface area contributed by atoms with Gasteiger partial charge in [-0.2, -0.15) is 0 Å². The van der Waals surface area contributed by atoms with E-state index < -0.39 is 6.10 Å². The molecule has 0 aliphatic rings. The van der Waals surface area contributed by atoms with Crippen LogP contribution in [0.2, 0.25) is 0 Å². The second-order valence-corrected chi connectivity index (χ2v) is 5.20. The van der Waals surface area contributed by atoms with Crippen molar-refractivity contribution in [3.8, 4) is 0 Å². The van der Waals surface area contributed by atoms with Crippen molar-refractivity contribution in [1.29, 1.82) is 0 Å². The summed E-state index contributed by atoms with van der Waals surface area (Å²) in [6, 6.07) is 14.4. The van der Waals surface area contributed by atoms with E-state index in [9.17, 15) is 5.11 Å². The Labute approximate surface area is 125 Å². The lowest BCUT2D eigenvalue weighted by Gasteiger charge is -2.17. The summed E-state index contributed by atoms with van der Waals surface area (Å²) in [7, 11) is 1.64. The number of aliphatic hydroxyl groups is 1. The van der Waals surface area contributed by atoms with E-state index >= 15 is 0 Å². The first-order valence-corrected chi connectivity index (χ1v) is 7.20. The minimum absolute atomic E-state index is 0.00896. The normalized spacial score (nSPS) is 14.0. The highest BCUT2D eigenvalue weighted by atomic mass is 16.5. The third-order valence-corrected chi connectivity index (χ3v) is 3.27. The molecule has 0 spiro atoms. The maximum atomic E-state index is 9.91. The molecule has 0 fully saturated rings.